The van der Waals surface area contributed by atoms with Crippen LogP contribution in [0.4, 0.5) is 0 Å². The van der Waals surface area contributed by atoms with Crippen molar-refractivity contribution in [2.24, 2.45) is 0 Å². The van der Waals surface area contributed by atoms with Crippen molar-refractivity contribution in [3.63, 3.8) is 0 Å². The molecule has 0 aliphatic carbocycles. The average Bonchev–Trinajstić information content (AvgIpc) is 2.45. The number of hydrogen-bond acceptors (Lipinski definition) is 6. The van der Waals surface area contributed by atoms with Crippen LogP contribution >= 0.6 is 0 Å². The first-order valence-electron chi connectivity index (χ1n) is 6.23. The maximum atomic E-state index is 12.2. The number of rotatable bonds is 7. The number of carbonyl (C=O) groups is 1. The summed E-state index contributed by atoms with van der Waals surface area (Å²) in [5.74, 6) is 0.0816. The van der Waals surface area contributed by atoms with Crippen LogP contribution in [-0.4, -0.2) is 41.8 Å². The maximum Gasteiger partial charge on any atom is 0.321 e. The van der Waals surface area contributed by atoms with Crippen LogP contribution < -0.4 is 14.2 Å². The number of sulfonamides is 1. The third-order valence-electron chi connectivity index (χ3n) is 2.68. The molecule has 0 aliphatic rings. The summed E-state index contributed by atoms with van der Waals surface area (Å²) in [6, 6.07) is 2.90. The van der Waals surface area contributed by atoms with Crippen molar-refractivity contribution in [3.8, 4) is 11.5 Å². The Morgan fingerprint density at radius 3 is 2.29 bits per heavy atom. The lowest BCUT2D eigenvalue weighted by Gasteiger charge is -2.13. The van der Waals surface area contributed by atoms with E-state index in [1.165, 1.54) is 20.3 Å². The molecule has 0 radical (unpaired) electrons. The van der Waals surface area contributed by atoms with Gasteiger partial charge in [0.2, 0.25) is 10.0 Å². The minimum Gasteiger partial charge on any atom is -0.493 e. The third-order valence-corrected chi connectivity index (χ3v) is 4.23. The van der Waals surface area contributed by atoms with E-state index in [4.69, 9.17) is 9.47 Å². The number of esters is 1. The van der Waals surface area contributed by atoms with Crippen LogP contribution in [-0.2, 0) is 19.6 Å². The number of methoxy groups -OCH3 is 2. The van der Waals surface area contributed by atoms with Gasteiger partial charge in [0.05, 0.1) is 25.7 Å². The molecule has 0 unspecified atom stereocenters. The normalized spacial score (nSPS) is 11.0. The summed E-state index contributed by atoms with van der Waals surface area (Å²) in [6.45, 7) is 3.03. The molecule has 0 aliphatic heterocycles. The van der Waals surface area contributed by atoms with Crippen molar-refractivity contribution in [2.75, 3.05) is 27.4 Å². The van der Waals surface area contributed by atoms with Crippen molar-refractivity contribution in [3.05, 3.63) is 17.7 Å². The molecule has 0 aromatic heterocycles. The maximum absolute atomic E-state index is 12.2. The van der Waals surface area contributed by atoms with Gasteiger partial charge in [-0.05, 0) is 25.5 Å². The highest BCUT2D eigenvalue weighted by Gasteiger charge is 2.21. The second-order valence-corrected chi connectivity index (χ2v) is 5.84. The Bertz CT molecular complexity index is 611. The Labute approximate surface area is 124 Å². The van der Waals surface area contributed by atoms with Crippen LogP contribution in [0.15, 0.2) is 17.0 Å². The summed E-state index contributed by atoms with van der Waals surface area (Å²) in [4.78, 5) is 11.3. The van der Waals surface area contributed by atoms with Crippen molar-refractivity contribution < 1.29 is 27.4 Å². The zero-order chi connectivity index (χ0) is 16.0. The standard InChI is InChI=1S/C13H19NO6S/c1-5-20-13(15)8-14-21(16,17)12-7-11(19-4)10(18-3)6-9(12)2/h6-7,14H,5,8H2,1-4H3. The van der Waals surface area contributed by atoms with Crippen LogP contribution in [0.5, 0.6) is 11.5 Å². The van der Waals surface area contributed by atoms with Gasteiger partial charge in [-0.15, -0.1) is 0 Å². The minimum absolute atomic E-state index is 0.0180. The molecular weight excluding hydrogens is 298 g/mol. The highest BCUT2D eigenvalue weighted by molar-refractivity contribution is 7.89. The first kappa shape index (κ1) is 17.3. The van der Waals surface area contributed by atoms with Crippen molar-refractivity contribution in [2.45, 2.75) is 18.7 Å². The molecule has 0 saturated carbocycles. The molecule has 1 N–H and O–H groups in total. The molecule has 7 nitrogen and oxygen atoms in total. The van der Waals surface area contributed by atoms with Gasteiger partial charge in [0.15, 0.2) is 11.5 Å². The Kier molecular flexibility index (Phi) is 5.98. The molecule has 118 valence electrons. The van der Waals surface area contributed by atoms with E-state index in [9.17, 15) is 13.2 Å². The fourth-order valence-corrected chi connectivity index (χ4v) is 2.90. The van der Waals surface area contributed by atoms with Crippen molar-refractivity contribution in [1.82, 2.24) is 4.72 Å². The highest BCUT2D eigenvalue weighted by Crippen LogP contribution is 2.32. The number of hydrogen-bond donors (Lipinski definition) is 1. The Morgan fingerprint density at radius 2 is 1.76 bits per heavy atom. The van der Waals surface area contributed by atoms with Gasteiger partial charge in [0, 0.05) is 6.07 Å². The molecule has 21 heavy (non-hydrogen) atoms. The van der Waals surface area contributed by atoms with Gasteiger partial charge in [-0.3, -0.25) is 4.79 Å². The predicted molar refractivity (Wildman–Crippen MR) is 76.1 cm³/mol. The van der Waals surface area contributed by atoms with E-state index in [-0.39, 0.29) is 11.5 Å². The Balaban J connectivity index is 3.05. The molecule has 1 aromatic carbocycles. The summed E-state index contributed by atoms with van der Waals surface area (Å²) in [7, 11) is -0.973. The molecule has 8 heteroatoms. The number of benzene rings is 1. The highest BCUT2D eigenvalue weighted by atomic mass is 32.2. The van der Waals surface area contributed by atoms with Gasteiger partial charge < -0.3 is 14.2 Å². The largest absolute Gasteiger partial charge is 0.493 e. The molecule has 1 rings (SSSR count). The first-order chi connectivity index (χ1) is 9.85. The van der Waals surface area contributed by atoms with Gasteiger partial charge in [-0.2, -0.15) is 4.72 Å². The van der Waals surface area contributed by atoms with E-state index in [1.54, 1.807) is 19.9 Å². The molecule has 0 heterocycles. The molecule has 0 spiro atoms. The Morgan fingerprint density at radius 1 is 1.19 bits per heavy atom. The summed E-state index contributed by atoms with van der Waals surface area (Å²) >= 11 is 0. The van der Waals surface area contributed by atoms with Gasteiger partial charge in [-0.25, -0.2) is 8.42 Å². The number of nitrogens with one attached hydrogen (secondary N) is 1. The predicted octanol–water partition coefficient (Wildman–Crippen LogP) is 0.854. The Hall–Kier alpha value is -1.80. The van der Waals surface area contributed by atoms with E-state index < -0.39 is 22.5 Å². The van der Waals surface area contributed by atoms with E-state index in [1.807, 2.05) is 0 Å². The van der Waals surface area contributed by atoms with E-state index in [0.29, 0.717) is 17.1 Å². The van der Waals surface area contributed by atoms with E-state index >= 15 is 0 Å². The van der Waals surface area contributed by atoms with Crippen LogP contribution in [0.25, 0.3) is 0 Å². The zero-order valence-corrected chi connectivity index (χ0v) is 13.2. The van der Waals surface area contributed by atoms with Crippen LogP contribution in [0.2, 0.25) is 0 Å². The third kappa shape index (κ3) is 4.33. The monoisotopic (exact) mass is 317 g/mol. The second kappa shape index (κ2) is 7.28. The number of ether oxygens (including phenoxy) is 3. The zero-order valence-electron chi connectivity index (χ0n) is 12.4. The number of carbonyl (C=O) groups excluding carboxylic acids is 1. The lowest BCUT2D eigenvalue weighted by atomic mass is 10.2. The van der Waals surface area contributed by atoms with Gasteiger partial charge >= 0.3 is 5.97 Å². The van der Waals surface area contributed by atoms with E-state index in [2.05, 4.69) is 9.46 Å². The lowest BCUT2D eigenvalue weighted by molar-refractivity contribution is -0.141. The van der Waals surface area contributed by atoms with Gasteiger partial charge in [0.25, 0.3) is 0 Å². The van der Waals surface area contributed by atoms with Crippen LogP contribution in [0, 0.1) is 6.92 Å². The average molecular weight is 317 g/mol. The quantitative estimate of drug-likeness (QED) is 0.750. The van der Waals surface area contributed by atoms with E-state index in [0.717, 1.165) is 0 Å². The fourth-order valence-electron chi connectivity index (χ4n) is 1.70. The molecule has 0 saturated heterocycles. The van der Waals surface area contributed by atoms with Gasteiger partial charge in [0.1, 0.15) is 6.54 Å². The molecule has 0 fully saturated rings. The van der Waals surface area contributed by atoms with Crippen molar-refractivity contribution in [1.29, 1.82) is 0 Å². The fraction of sp³-hybridized carbons (Fsp3) is 0.462. The molecular formula is C13H19NO6S. The summed E-state index contributed by atoms with van der Waals surface area (Å²) < 4.78 is 41.5. The number of aryl methyl sites for hydroxylation is 1. The van der Waals surface area contributed by atoms with Gasteiger partial charge in [-0.1, -0.05) is 0 Å². The SMILES string of the molecule is CCOC(=O)CNS(=O)(=O)c1cc(OC)c(OC)cc1C. The molecule has 1 aromatic rings. The molecule has 0 atom stereocenters. The summed E-state index contributed by atoms with van der Waals surface area (Å²) in [6.07, 6.45) is 0. The topological polar surface area (TPSA) is 90.9 Å². The molecule has 0 amide bonds. The van der Waals surface area contributed by atoms with Crippen LogP contribution in [0.3, 0.4) is 0 Å². The minimum atomic E-state index is -3.85. The van der Waals surface area contributed by atoms with Crippen LogP contribution in [0.1, 0.15) is 12.5 Å². The first-order valence-corrected chi connectivity index (χ1v) is 7.72. The molecule has 0 bridgehead atoms. The second-order valence-electron chi connectivity index (χ2n) is 4.10. The summed E-state index contributed by atoms with van der Waals surface area (Å²) in [5, 5.41) is 0. The lowest BCUT2D eigenvalue weighted by Crippen LogP contribution is -2.31. The smallest absolute Gasteiger partial charge is 0.321 e. The summed E-state index contributed by atoms with van der Waals surface area (Å²) in [5.41, 5.74) is 0.476. The van der Waals surface area contributed by atoms with Crippen molar-refractivity contribution >= 4 is 16.0 Å².